The van der Waals surface area contributed by atoms with Crippen LogP contribution in [0.3, 0.4) is 0 Å². The van der Waals surface area contributed by atoms with Gasteiger partial charge in [0.15, 0.2) is 0 Å². The molecule has 7 nitrogen and oxygen atoms in total. The summed E-state index contributed by atoms with van der Waals surface area (Å²) < 4.78 is 5.58. The van der Waals surface area contributed by atoms with Gasteiger partial charge in [-0.05, 0) is 0 Å². The second-order valence-electron chi connectivity index (χ2n) is 5.42. The van der Waals surface area contributed by atoms with Gasteiger partial charge in [-0.3, -0.25) is 14.5 Å². The highest BCUT2D eigenvalue weighted by atomic mass is 16.5. The van der Waals surface area contributed by atoms with Gasteiger partial charge in [-0.1, -0.05) is 19.9 Å². The minimum absolute atomic E-state index is 0.0334. The molecule has 0 aliphatic carbocycles. The molecule has 1 atom stereocenters. The monoisotopic (exact) mass is 298 g/mol. The van der Waals surface area contributed by atoms with Crippen LogP contribution in [0, 0.1) is 5.92 Å². The normalized spacial score (nSPS) is 19.3. The molecule has 1 aliphatic rings. The number of piperazine rings is 1. The molecule has 0 saturated carbocycles. The van der Waals surface area contributed by atoms with Crippen LogP contribution in [0.1, 0.15) is 13.8 Å². The molecule has 1 rings (SSSR count). The first kappa shape index (κ1) is 17.6. The van der Waals surface area contributed by atoms with Gasteiger partial charge in [0.25, 0.3) is 5.91 Å². The van der Waals surface area contributed by atoms with Crippen molar-refractivity contribution < 1.29 is 14.3 Å². The molecule has 1 aliphatic heterocycles. The van der Waals surface area contributed by atoms with Crippen molar-refractivity contribution in [2.45, 2.75) is 19.6 Å². The van der Waals surface area contributed by atoms with Gasteiger partial charge >= 0.3 is 0 Å². The number of hydrogen-bond acceptors (Lipinski definition) is 5. The summed E-state index contributed by atoms with van der Waals surface area (Å²) in [5, 5.41) is 0. The number of nitrogens with zero attached hydrogens (tertiary/aromatic N) is 2. The van der Waals surface area contributed by atoms with Crippen molar-refractivity contribution in [3.63, 3.8) is 0 Å². The van der Waals surface area contributed by atoms with Crippen LogP contribution < -0.4 is 11.5 Å². The quantitative estimate of drug-likeness (QED) is 0.595. The highest BCUT2D eigenvalue weighted by molar-refractivity contribution is 5.83. The van der Waals surface area contributed by atoms with Gasteiger partial charge in [-0.25, -0.2) is 0 Å². The largest absolute Gasteiger partial charge is 0.366 e. The lowest BCUT2D eigenvalue weighted by Gasteiger charge is -2.44. The van der Waals surface area contributed by atoms with E-state index in [1.54, 1.807) is 11.0 Å². The van der Waals surface area contributed by atoms with Gasteiger partial charge in [-0.2, -0.15) is 0 Å². The molecule has 1 heterocycles. The molecule has 1 saturated heterocycles. The molecule has 1 fully saturated rings. The Morgan fingerprint density at radius 1 is 1.33 bits per heavy atom. The maximum atomic E-state index is 12.0. The fraction of sp³-hybridized carbons (Fsp3) is 0.714. The van der Waals surface area contributed by atoms with E-state index in [1.165, 1.54) is 0 Å². The second-order valence-corrected chi connectivity index (χ2v) is 5.42. The van der Waals surface area contributed by atoms with E-state index in [1.807, 2.05) is 18.7 Å². The molecule has 120 valence electrons. The number of hydrogen-bond donors (Lipinski definition) is 2. The molecule has 1 unspecified atom stereocenters. The third-order valence-corrected chi connectivity index (χ3v) is 3.70. The predicted molar refractivity (Wildman–Crippen MR) is 80.1 cm³/mol. The summed E-state index contributed by atoms with van der Waals surface area (Å²) in [6.45, 7) is 9.52. The van der Waals surface area contributed by atoms with Crippen molar-refractivity contribution in [2.75, 3.05) is 39.3 Å². The lowest BCUT2D eigenvalue weighted by atomic mass is 10.1. The zero-order valence-electron chi connectivity index (χ0n) is 12.9. The molecule has 0 aromatic carbocycles. The SMILES string of the molecule is C=CCOC(CN)(C(N)=O)N1CCN(C(=O)C(C)C)CC1. The Kier molecular flexibility index (Phi) is 6.32. The summed E-state index contributed by atoms with van der Waals surface area (Å²) in [6, 6.07) is 0. The summed E-state index contributed by atoms with van der Waals surface area (Å²) in [4.78, 5) is 27.4. The van der Waals surface area contributed by atoms with Crippen LogP contribution in [0.5, 0.6) is 0 Å². The molecule has 7 heteroatoms. The van der Waals surface area contributed by atoms with Crippen molar-refractivity contribution in [1.82, 2.24) is 9.80 Å². The fourth-order valence-electron chi connectivity index (χ4n) is 2.46. The Hall–Kier alpha value is -1.44. The third kappa shape index (κ3) is 3.81. The summed E-state index contributed by atoms with van der Waals surface area (Å²) in [5.41, 5.74) is 9.90. The van der Waals surface area contributed by atoms with Gasteiger partial charge < -0.3 is 21.1 Å². The molecule has 21 heavy (non-hydrogen) atoms. The van der Waals surface area contributed by atoms with Crippen molar-refractivity contribution in [3.05, 3.63) is 12.7 Å². The third-order valence-electron chi connectivity index (χ3n) is 3.70. The van der Waals surface area contributed by atoms with Crippen LogP contribution >= 0.6 is 0 Å². The number of rotatable bonds is 7. The molecule has 0 aromatic rings. The van der Waals surface area contributed by atoms with Crippen LogP contribution in [-0.2, 0) is 14.3 Å². The van der Waals surface area contributed by atoms with E-state index < -0.39 is 11.6 Å². The van der Waals surface area contributed by atoms with Gasteiger partial charge in [0, 0.05) is 38.6 Å². The maximum absolute atomic E-state index is 12.0. The lowest BCUT2D eigenvalue weighted by molar-refractivity contribution is -0.177. The molecule has 0 bridgehead atoms. The van der Waals surface area contributed by atoms with Gasteiger partial charge in [0.1, 0.15) is 0 Å². The van der Waals surface area contributed by atoms with Crippen LogP contribution in [0.2, 0.25) is 0 Å². The van der Waals surface area contributed by atoms with Gasteiger partial charge in [-0.15, -0.1) is 6.58 Å². The Morgan fingerprint density at radius 3 is 2.29 bits per heavy atom. The zero-order chi connectivity index (χ0) is 16.0. The second kappa shape index (κ2) is 7.53. The van der Waals surface area contributed by atoms with E-state index in [0.29, 0.717) is 26.2 Å². The average Bonchev–Trinajstić information content (AvgIpc) is 2.48. The maximum Gasteiger partial charge on any atom is 0.266 e. The van der Waals surface area contributed by atoms with Crippen LogP contribution in [-0.4, -0.2) is 66.7 Å². The number of carbonyl (C=O) groups is 2. The van der Waals surface area contributed by atoms with Gasteiger partial charge in [0.05, 0.1) is 6.61 Å². The Labute approximate surface area is 125 Å². The zero-order valence-corrected chi connectivity index (χ0v) is 12.9. The van der Waals surface area contributed by atoms with Crippen molar-refractivity contribution in [3.8, 4) is 0 Å². The minimum Gasteiger partial charge on any atom is -0.366 e. The molecular weight excluding hydrogens is 272 g/mol. The van der Waals surface area contributed by atoms with E-state index in [2.05, 4.69) is 6.58 Å². The van der Waals surface area contributed by atoms with Crippen LogP contribution in [0.4, 0.5) is 0 Å². The first-order valence-corrected chi connectivity index (χ1v) is 7.17. The Morgan fingerprint density at radius 2 is 1.90 bits per heavy atom. The first-order valence-electron chi connectivity index (χ1n) is 7.17. The summed E-state index contributed by atoms with van der Waals surface area (Å²) in [6.07, 6.45) is 1.55. The summed E-state index contributed by atoms with van der Waals surface area (Å²) in [5.74, 6) is -0.543. The van der Waals surface area contributed by atoms with Crippen molar-refractivity contribution >= 4 is 11.8 Å². The number of amides is 2. The topological polar surface area (TPSA) is 102 Å². The fourth-order valence-corrected chi connectivity index (χ4v) is 2.46. The molecule has 2 amide bonds. The number of carbonyl (C=O) groups excluding carboxylic acids is 2. The summed E-state index contributed by atoms with van der Waals surface area (Å²) >= 11 is 0. The summed E-state index contributed by atoms with van der Waals surface area (Å²) in [7, 11) is 0. The Balaban J connectivity index is 2.78. The van der Waals surface area contributed by atoms with E-state index in [-0.39, 0.29) is 25.0 Å². The molecule has 0 radical (unpaired) electrons. The van der Waals surface area contributed by atoms with E-state index >= 15 is 0 Å². The molecule has 4 N–H and O–H groups in total. The number of ether oxygens (including phenoxy) is 1. The minimum atomic E-state index is -1.33. The van der Waals surface area contributed by atoms with Gasteiger partial charge in [0.2, 0.25) is 11.6 Å². The van der Waals surface area contributed by atoms with Crippen molar-refractivity contribution in [2.24, 2.45) is 17.4 Å². The van der Waals surface area contributed by atoms with E-state index in [0.717, 1.165) is 0 Å². The van der Waals surface area contributed by atoms with E-state index in [4.69, 9.17) is 16.2 Å². The standard InChI is InChI=1S/C14H26N4O3/c1-4-9-21-14(10-15,13(16)20)18-7-5-17(6-8-18)12(19)11(2)3/h4,11H,1,5-10,15H2,2-3H3,(H2,16,20). The van der Waals surface area contributed by atoms with Crippen LogP contribution in [0.25, 0.3) is 0 Å². The lowest BCUT2D eigenvalue weighted by Crippen LogP contribution is -2.67. The van der Waals surface area contributed by atoms with E-state index in [9.17, 15) is 9.59 Å². The van der Waals surface area contributed by atoms with Crippen molar-refractivity contribution in [1.29, 1.82) is 0 Å². The smallest absolute Gasteiger partial charge is 0.266 e. The molecule has 0 aromatic heterocycles. The molecular formula is C14H26N4O3. The Bertz CT molecular complexity index is 392. The number of nitrogens with two attached hydrogens (primary N) is 2. The highest BCUT2D eigenvalue weighted by Gasteiger charge is 2.44. The van der Waals surface area contributed by atoms with Crippen LogP contribution in [0.15, 0.2) is 12.7 Å². The number of primary amides is 1. The highest BCUT2D eigenvalue weighted by Crippen LogP contribution is 2.19. The average molecular weight is 298 g/mol. The first-order chi connectivity index (χ1) is 9.89. The molecule has 0 spiro atoms. The predicted octanol–water partition coefficient (Wildman–Crippen LogP) is -0.870.